The van der Waals surface area contributed by atoms with E-state index >= 15 is 0 Å². The zero-order valence-electron chi connectivity index (χ0n) is 15.2. The Morgan fingerprint density at radius 2 is 1.96 bits per heavy atom. The highest BCUT2D eigenvalue weighted by atomic mass is 16.5. The van der Waals surface area contributed by atoms with E-state index in [1.807, 2.05) is 20.8 Å². The van der Waals surface area contributed by atoms with Crippen LogP contribution in [0.25, 0.3) is 0 Å². The number of carbonyl (C=O) groups is 3. The number of amides is 2. The van der Waals surface area contributed by atoms with Crippen LogP contribution < -0.4 is 5.32 Å². The molecule has 7 heteroatoms. The summed E-state index contributed by atoms with van der Waals surface area (Å²) in [5, 5.41) is 2.73. The number of carbonyl (C=O) groups excluding carboxylic acids is 3. The van der Waals surface area contributed by atoms with Crippen LogP contribution in [0.2, 0.25) is 0 Å². The van der Waals surface area contributed by atoms with Crippen LogP contribution in [-0.2, 0) is 9.53 Å². The summed E-state index contributed by atoms with van der Waals surface area (Å²) in [5.41, 5.74) is 1.66. The van der Waals surface area contributed by atoms with Crippen molar-refractivity contribution in [3.8, 4) is 0 Å². The van der Waals surface area contributed by atoms with E-state index in [1.165, 1.54) is 18.3 Å². The maximum atomic E-state index is 12.8. The number of esters is 1. The minimum absolute atomic E-state index is 0.144. The van der Waals surface area contributed by atoms with Crippen molar-refractivity contribution in [1.82, 2.24) is 4.90 Å². The number of furan rings is 1. The van der Waals surface area contributed by atoms with Gasteiger partial charge in [-0.05, 0) is 50.6 Å². The summed E-state index contributed by atoms with van der Waals surface area (Å²) in [4.78, 5) is 38.0. The lowest BCUT2D eigenvalue weighted by atomic mass is 10.1. The Kier molecular flexibility index (Phi) is 6.16. The third kappa shape index (κ3) is 4.50. The lowest BCUT2D eigenvalue weighted by Gasteiger charge is -2.26. The number of benzene rings is 1. The second-order valence-corrected chi connectivity index (χ2v) is 6.06. The first-order valence-electron chi connectivity index (χ1n) is 8.16. The summed E-state index contributed by atoms with van der Waals surface area (Å²) in [5.74, 6) is -1.04. The molecule has 0 unspecified atom stereocenters. The third-order valence-corrected chi connectivity index (χ3v) is 3.89. The number of anilines is 1. The molecule has 0 radical (unpaired) electrons. The number of hydrogen-bond donors (Lipinski definition) is 1. The van der Waals surface area contributed by atoms with Crippen molar-refractivity contribution in [1.29, 1.82) is 0 Å². The van der Waals surface area contributed by atoms with Crippen LogP contribution in [0.1, 0.15) is 40.3 Å². The first-order chi connectivity index (χ1) is 12.3. The minimum Gasteiger partial charge on any atom is -0.468 e. The van der Waals surface area contributed by atoms with E-state index in [-0.39, 0.29) is 24.3 Å². The van der Waals surface area contributed by atoms with Crippen molar-refractivity contribution < 1.29 is 23.5 Å². The molecule has 2 rings (SSSR count). The van der Waals surface area contributed by atoms with Crippen LogP contribution in [0.15, 0.2) is 41.0 Å². The van der Waals surface area contributed by atoms with Gasteiger partial charge in [0.25, 0.3) is 11.8 Å². The second kappa shape index (κ2) is 8.33. The summed E-state index contributed by atoms with van der Waals surface area (Å²) in [6, 6.07) is 7.97. The molecule has 0 atom stereocenters. The first kappa shape index (κ1) is 19.2. The van der Waals surface area contributed by atoms with Crippen LogP contribution in [0, 0.1) is 6.92 Å². The maximum Gasteiger partial charge on any atom is 0.325 e. The second-order valence-electron chi connectivity index (χ2n) is 6.06. The van der Waals surface area contributed by atoms with Gasteiger partial charge < -0.3 is 19.4 Å². The smallest absolute Gasteiger partial charge is 0.325 e. The average Bonchev–Trinajstić information content (AvgIpc) is 3.15. The monoisotopic (exact) mass is 358 g/mol. The van der Waals surface area contributed by atoms with E-state index in [9.17, 15) is 14.4 Å². The largest absolute Gasteiger partial charge is 0.468 e. The molecule has 7 nitrogen and oxygen atoms in total. The molecule has 0 spiro atoms. The van der Waals surface area contributed by atoms with Crippen LogP contribution in [-0.4, -0.2) is 42.4 Å². The summed E-state index contributed by atoms with van der Waals surface area (Å²) in [6.45, 7) is 5.30. The summed E-state index contributed by atoms with van der Waals surface area (Å²) in [6.07, 6.45) is 1.41. The predicted molar refractivity (Wildman–Crippen MR) is 96.0 cm³/mol. The molecular weight excluding hydrogens is 336 g/mol. The molecule has 0 aliphatic rings. The fourth-order valence-electron chi connectivity index (χ4n) is 2.34. The molecule has 138 valence electrons. The highest BCUT2D eigenvalue weighted by Crippen LogP contribution is 2.20. The maximum absolute atomic E-state index is 12.8. The van der Waals surface area contributed by atoms with Gasteiger partial charge in [0.2, 0.25) is 0 Å². The van der Waals surface area contributed by atoms with Crippen molar-refractivity contribution in [2.24, 2.45) is 0 Å². The molecule has 0 aliphatic heterocycles. The Hall–Kier alpha value is -3.09. The van der Waals surface area contributed by atoms with Gasteiger partial charge in [0.1, 0.15) is 6.54 Å². The summed E-state index contributed by atoms with van der Waals surface area (Å²) < 4.78 is 9.73. The van der Waals surface area contributed by atoms with Gasteiger partial charge in [0.15, 0.2) is 5.76 Å². The van der Waals surface area contributed by atoms with Gasteiger partial charge in [-0.2, -0.15) is 0 Å². The van der Waals surface area contributed by atoms with Crippen molar-refractivity contribution in [3.05, 3.63) is 53.5 Å². The van der Waals surface area contributed by atoms with Gasteiger partial charge in [0, 0.05) is 17.3 Å². The lowest BCUT2D eigenvalue weighted by Crippen LogP contribution is -2.41. The Morgan fingerprint density at radius 1 is 1.23 bits per heavy atom. The molecule has 0 aliphatic carbocycles. The van der Waals surface area contributed by atoms with Crippen molar-refractivity contribution in [2.45, 2.75) is 26.8 Å². The van der Waals surface area contributed by atoms with Crippen molar-refractivity contribution in [2.75, 3.05) is 19.0 Å². The van der Waals surface area contributed by atoms with Crippen molar-refractivity contribution in [3.63, 3.8) is 0 Å². The summed E-state index contributed by atoms with van der Waals surface area (Å²) in [7, 11) is 1.28. The molecule has 2 aromatic rings. The van der Waals surface area contributed by atoms with Crippen LogP contribution in [0.3, 0.4) is 0 Å². The number of ether oxygens (including phenoxy) is 1. The molecule has 0 bridgehead atoms. The van der Waals surface area contributed by atoms with E-state index in [1.54, 1.807) is 30.3 Å². The molecule has 0 fully saturated rings. The minimum atomic E-state index is -0.495. The van der Waals surface area contributed by atoms with Crippen LogP contribution in [0.5, 0.6) is 0 Å². The molecule has 0 saturated carbocycles. The zero-order chi connectivity index (χ0) is 19.3. The number of nitrogens with zero attached hydrogens (tertiary/aromatic N) is 1. The Bertz CT molecular complexity index is 796. The fourth-order valence-corrected chi connectivity index (χ4v) is 2.34. The van der Waals surface area contributed by atoms with Gasteiger partial charge in [-0.15, -0.1) is 0 Å². The lowest BCUT2D eigenvalue weighted by molar-refractivity contribution is -0.141. The van der Waals surface area contributed by atoms with E-state index in [0.29, 0.717) is 11.3 Å². The third-order valence-electron chi connectivity index (χ3n) is 3.89. The number of aryl methyl sites for hydroxylation is 1. The Morgan fingerprint density at radius 3 is 2.54 bits per heavy atom. The Labute approximate surface area is 151 Å². The molecular formula is C19H22N2O5. The van der Waals surface area contributed by atoms with Crippen molar-refractivity contribution >= 4 is 23.5 Å². The number of rotatable bonds is 6. The van der Waals surface area contributed by atoms with Gasteiger partial charge in [-0.25, -0.2) is 0 Å². The number of methoxy groups -OCH3 is 1. The fraction of sp³-hybridized carbons (Fsp3) is 0.316. The molecule has 0 saturated heterocycles. The van der Waals surface area contributed by atoms with Gasteiger partial charge in [0.05, 0.1) is 13.4 Å². The topological polar surface area (TPSA) is 88.9 Å². The van der Waals surface area contributed by atoms with Gasteiger partial charge in [-0.3, -0.25) is 14.4 Å². The van der Waals surface area contributed by atoms with Gasteiger partial charge in [-0.1, -0.05) is 6.07 Å². The molecule has 1 aromatic heterocycles. The molecule has 26 heavy (non-hydrogen) atoms. The molecule has 1 heterocycles. The average molecular weight is 358 g/mol. The molecule has 2 amide bonds. The number of nitrogens with one attached hydrogen (secondary N) is 1. The van der Waals surface area contributed by atoms with Gasteiger partial charge >= 0.3 is 5.97 Å². The van der Waals surface area contributed by atoms with E-state index < -0.39 is 11.9 Å². The van der Waals surface area contributed by atoms with E-state index in [0.717, 1.165) is 5.56 Å². The molecule has 1 aromatic carbocycles. The Balaban J connectivity index is 2.25. The van der Waals surface area contributed by atoms with Crippen LogP contribution in [0.4, 0.5) is 5.69 Å². The first-order valence-corrected chi connectivity index (χ1v) is 8.16. The normalized spacial score (nSPS) is 10.5. The highest BCUT2D eigenvalue weighted by Gasteiger charge is 2.23. The zero-order valence-corrected chi connectivity index (χ0v) is 15.2. The van der Waals surface area contributed by atoms with E-state index in [4.69, 9.17) is 4.42 Å². The predicted octanol–water partition coefficient (Wildman–Crippen LogP) is 2.86. The van der Waals surface area contributed by atoms with E-state index in [2.05, 4.69) is 10.1 Å². The standard InChI is InChI=1S/C19H22N2O5/c1-12(2)21(11-17(22)25-4)19(24)14-8-7-13(3)15(10-14)20-18(23)16-6-5-9-26-16/h5-10,12H,11H2,1-4H3,(H,20,23). The summed E-state index contributed by atoms with van der Waals surface area (Å²) >= 11 is 0. The number of hydrogen-bond acceptors (Lipinski definition) is 5. The van der Waals surface area contributed by atoms with Crippen LogP contribution >= 0.6 is 0 Å². The SMILES string of the molecule is COC(=O)CN(C(=O)c1ccc(C)c(NC(=O)c2ccco2)c1)C(C)C. The quantitative estimate of drug-likeness (QED) is 0.802. The molecule has 1 N–H and O–H groups in total. The highest BCUT2D eigenvalue weighted by molar-refractivity contribution is 6.04.